The molecule has 6 heterocycles. The summed E-state index contributed by atoms with van der Waals surface area (Å²) < 4.78 is 0. The maximum absolute atomic E-state index is 11.1. The van der Waals surface area contributed by atoms with Crippen molar-refractivity contribution in [3.63, 3.8) is 0 Å². The molecule has 6 aliphatic rings. The highest BCUT2D eigenvalue weighted by Gasteiger charge is 2.58. The monoisotopic (exact) mass is 624 g/mol. The van der Waals surface area contributed by atoms with Crippen molar-refractivity contribution in [2.75, 3.05) is 39.3 Å². The van der Waals surface area contributed by atoms with E-state index >= 15 is 0 Å². The van der Waals surface area contributed by atoms with E-state index in [1.807, 2.05) is 6.07 Å². The summed E-state index contributed by atoms with van der Waals surface area (Å²) in [5, 5.41) is 22.9. The number of aryl methyl sites for hydroxylation is 1. The third-order valence-electron chi connectivity index (χ3n) is 12.3. The third-order valence-corrected chi connectivity index (χ3v) is 12.3. The van der Waals surface area contributed by atoms with E-state index in [9.17, 15) is 10.2 Å². The van der Waals surface area contributed by atoms with Crippen LogP contribution in [0.2, 0.25) is 0 Å². The molecule has 8 atom stereocenters. The second-order valence-corrected chi connectivity index (χ2v) is 15.2. The van der Waals surface area contributed by atoms with Gasteiger partial charge >= 0.3 is 0 Å². The number of aliphatic hydroxyl groups excluding tert-OH is 1. The molecule has 0 saturated carbocycles. The molecule has 8 rings (SSSR count). The van der Waals surface area contributed by atoms with Crippen LogP contribution >= 0.6 is 0 Å². The van der Waals surface area contributed by atoms with Crippen LogP contribution in [0.5, 0.6) is 5.75 Å². The maximum Gasteiger partial charge on any atom is 0.141 e. The maximum atomic E-state index is 11.1. The van der Waals surface area contributed by atoms with Gasteiger partial charge in [0.15, 0.2) is 0 Å². The van der Waals surface area contributed by atoms with Gasteiger partial charge in [0.05, 0.1) is 6.10 Å². The van der Waals surface area contributed by atoms with Gasteiger partial charge in [-0.2, -0.15) is 0 Å². The van der Waals surface area contributed by atoms with Crippen LogP contribution in [0, 0.1) is 23.2 Å². The molecular weight excluding hydrogens is 568 g/mol. The molecule has 6 nitrogen and oxygen atoms in total. The highest BCUT2D eigenvalue weighted by molar-refractivity contribution is 5.90. The molecule has 46 heavy (non-hydrogen) atoms. The Morgan fingerprint density at radius 3 is 2.78 bits per heavy atom. The first-order valence-corrected chi connectivity index (χ1v) is 18.5. The van der Waals surface area contributed by atoms with E-state index in [4.69, 9.17) is 10.7 Å². The van der Waals surface area contributed by atoms with E-state index in [0.29, 0.717) is 29.9 Å². The van der Waals surface area contributed by atoms with Gasteiger partial charge < -0.3 is 20.8 Å². The minimum atomic E-state index is -0.221. The lowest BCUT2D eigenvalue weighted by molar-refractivity contribution is -0.113. The van der Waals surface area contributed by atoms with E-state index in [1.54, 1.807) is 11.6 Å². The summed E-state index contributed by atoms with van der Waals surface area (Å²) in [5.41, 5.74) is 12.4. The lowest BCUT2D eigenvalue weighted by Gasteiger charge is -2.64. The number of hydrogen-bond acceptors (Lipinski definition) is 6. The second kappa shape index (κ2) is 13.9. The van der Waals surface area contributed by atoms with Crippen LogP contribution in [0.4, 0.5) is 0 Å². The fraction of sp³-hybridized carbons (Fsp3) is 0.625. The van der Waals surface area contributed by atoms with Gasteiger partial charge in [0.1, 0.15) is 11.3 Å². The molecule has 0 amide bonds. The van der Waals surface area contributed by atoms with Gasteiger partial charge in [-0.05, 0) is 132 Å². The molecule has 248 valence electrons. The molecule has 1 aromatic carbocycles. The molecule has 1 aliphatic carbocycles. The Bertz CT molecular complexity index is 1480. The van der Waals surface area contributed by atoms with E-state index in [1.165, 1.54) is 36.9 Å². The van der Waals surface area contributed by atoms with Gasteiger partial charge in [-0.1, -0.05) is 55.0 Å². The summed E-state index contributed by atoms with van der Waals surface area (Å²) >= 11 is 0. The first kappa shape index (κ1) is 32.1. The summed E-state index contributed by atoms with van der Waals surface area (Å²) in [7, 11) is 0. The Morgan fingerprint density at radius 2 is 1.89 bits per heavy atom. The van der Waals surface area contributed by atoms with Crippen molar-refractivity contribution in [3.05, 3.63) is 64.9 Å². The number of aromatic hydroxyl groups is 1. The van der Waals surface area contributed by atoms with Gasteiger partial charge in [-0.15, -0.1) is 0 Å². The molecule has 6 heteroatoms. The predicted molar refractivity (Wildman–Crippen MR) is 189 cm³/mol. The predicted octanol–water partition coefficient (Wildman–Crippen LogP) is 6.64. The van der Waals surface area contributed by atoms with Crippen molar-refractivity contribution >= 4 is 17.0 Å². The number of phenols is 1. The first-order valence-electron chi connectivity index (χ1n) is 18.5. The molecule has 2 fully saturated rings. The molecule has 1 aromatic heterocycles. The lowest BCUT2D eigenvalue weighted by atomic mass is 9.52. The SMILES string of the molecule is CC1CN2CCC3C4C=C(CCC=CCCCC1O)C1N(CCCCc5nc6c(O)cccc6c(CCN)c5C=CCCC31C2)C4. The Kier molecular flexibility index (Phi) is 9.70. The molecule has 4 N–H and O–H groups in total. The van der Waals surface area contributed by atoms with Crippen LogP contribution in [-0.4, -0.2) is 76.4 Å². The fourth-order valence-corrected chi connectivity index (χ4v) is 10.3. The first-order chi connectivity index (χ1) is 22.5. The standard InChI is InChI=1S/C40H56N4O2/c1-28-25-43-23-19-34-30-24-29(12-5-3-2-4-6-16-36(28)45)39-40(34,27-43)20-9-7-13-32-31(18-21-41)33-14-11-17-37(46)38(33)42-35(32)15-8-10-22-44(39)26-30/h2-3,7,11,13-14,17,24,28,30,34,36,39,45-46H,4-6,8-10,12,15-16,18-23,25-27,41H2,1H3. The topological polar surface area (TPSA) is 85.8 Å². The van der Waals surface area contributed by atoms with Crippen molar-refractivity contribution in [3.8, 4) is 5.75 Å². The van der Waals surface area contributed by atoms with E-state index in [2.05, 4.69) is 53.2 Å². The summed E-state index contributed by atoms with van der Waals surface area (Å²) in [5.74, 6) is 1.92. The normalized spacial score (nSPS) is 35.3. The van der Waals surface area contributed by atoms with Gasteiger partial charge in [0, 0.05) is 42.2 Å². The molecule has 5 aliphatic heterocycles. The second-order valence-electron chi connectivity index (χ2n) is 15.2. The highest BCUT2D eigenvalue weighted by atomic mass is 16.3. The van der Waals surface area contributed by atoms with Gasteiger partial charge in [0.25, 0.3) is 0 Å². The van der Waals surface area contributed by atoms with Crippen LogP contribution in [0.1, 0.15) is 88.0 Å². The summed E-state index contributed by atoms with van der Waals surface area (Å²) in [4.78, 5) is 10.8. The Balaban J connectivity index is 1.27. The zero-order chi connectivity index (χ0) is 31.7. The number of aromatic nitrogens is 1. The van der Waals surface area contributed by atoms with Gasteiger partial charge in [0.2, 0.25) is 0 Å². The number of phenolic OH excluding ortho intramolecular Hbond substituents is 1. The molecule has 6 bridgehead atoms. The van der Waals surface area contributed by atoms with Crippen LogP contribution in [0.15, 0.2) is 48.1 Å². The number of para-hydroxylation sites is 1. The average molecular weight is 625 g/mol. The Morgan fingerprint density at radius 1 is 1.00 bits per heavy atom. The third kappa shape index (κ3) is 6.11. The highest BCUT2D eigenvalue weighted by Crippen LogP contribution is 2.57. The number of aliphatic hydroxyl groups is 1. The minimum absolute atomic E-state index is 0.221. The quantitative estimate of drug-likeness (QED) is 0.325. The van der Waals surface area contributed by atoms with Crippen LogP contribution in [0.25, 0.3) is 17.0 Å². The summed E-state index contributed by atoms with van der Waals surface area (Å²) in [6.45, 7) is 8.49. The molecule has 8 unspecified atom stereocenters. The zero-order valence-corrected chi connectivity index (χ0v) is 28.0. The van der Waals surface area contributed by atoms with Crippen LogP contribution < -0.4 is 5.73 Å². The number of fused-ring (bicyclic) bond motifs is 3. The van der Waals surface area contributed by atoms with Crippen molar-refractivity contribution < 1.29 is 10.2 Å². The van der Waals surface area contributed by atoms with Crippen LogP contribution in [-0.2, 0) is 12.8 Å². The van der Waals surface area contributed by atoms with Gasteiger partial charge in [-0.3, -0.25) is 4.90 Å². The Labute approximate surface area is 276 Å². The van der Waals surface area contributed by atoms with Crippen molar-refractivity contribution in [1.82, 2.24) is 14.8 Å². The number of nitrogens with zero attached hydrogens (tertiary/aromatic N) is 3. The number of pyridine rings is 1. The Hall–Kier alpha value is -2.51. The summed E-state index contributed by atoms with van der Waals surface area (Å²) in [6, 6.07) is 6.28. The number of hydrogen-bond donors (Lipinski definition) is 3. The van der Waals surface area contributed by atoms with E-state index in [-0.39, 0.29) is 17.3 Å². The smallest absolute Gasteiger partial charge is 0.141 e. The average Bonchev–Trinajstić information content (AvgIpc) is 3.05. The van der Waals surface area contributed by atoms with Gasteiger partial charge in [-0.25, -0.2) is 4.98 Å². The molecule has 2 aromatic rings. The van der Waals surface area contributed by atoms with Crippen molar-refractivity contribution in [2.45, 2.75) is 96.1 Å². The zero-order valence-electron chi connectivity index (χ0n) is 28.0. The number of nitrogens with two attached hydrogens (primary N) is 1. The molecule has 2 saturated heterocycles. The molecule has 0 radical (unpaired) electrons. The largest absolute Gasteiger partial charge is 0.506 e. The fourth-order valence-electron chi connectivity index (χ4n) is 10.3. The number of rotatable bonds is 2. The number of piperidine rings is 2. The van der Waals surface area contributed by atoms with Crippen molar-refractivity contribution in [1.29, 1.82) is 0 Å². The summed E-state index contributed by atoms with van der Waals surface area (Å²) in [6.07, 6.45) is 24.9. The minimum Gasteiger partial charge on any atom is -0.506 e. The molecule has 1 spiro atoms. The van der Waals surface area contributed by atoms with Crippen molar-refractivity contribution in [2.24, 2.45) is 28.9 Å². The number of benzene rings is 1. The van der Waals surface area contributed by atoms with E-state index in [0.717, 1.165) is 101 Å². The number of allylic oxidation sites excluding steroid dienone is 3. The van der Waals surface area contributed by atoms with Crippen LogP contribution in [0.3, 0.4) is 0 Å². The van der Waals surface area contributed by atoms with E-state index < -0.39 is 0 Å². The lowest BCUT2D eigenvalue weighted by Crippen LogP contribution is -2.68. The molecular formula is C40H56N4O2.